The van der Waals surface area contributed by atoms with Crippen LogP contribution in [0, 0.1) is 6.92 Å². The first kappa shape index (κ1) is 16.4. The molecule has 6 heteroatoms. The molecule has 1 aromatic heterocycles. The molecule has 0 saturated heterocycles. The van der Waals surface area contributed by atoms with E-state index in [9.17, 15) is 4.79 Å². The van der Waals surface area contributed by atoms with Crippen molar-refractivity contribution in [3.05, 3.63) is 72.1 Å². The van der Waals surface area contributed by atoms with Crippen LogP contribution in [0.2, 0.25) is 0 Å². The number of aryl methyl sites for hydroxylation is 1. The molecule has 25 heavy (non-hydrogen) atoms. The summed E-state index contributed by atoms with van der Waals surface area (Å²) in [7, 11) is 1.56. The quantitative estimate of drug-likeness (QED) is 0.742. The van der Waals surface area contributed by atoms with Crippen LogP contribution in [0.1, 0.15) is 15.9 Å². The fourth-order valence-electron chi connectivity index (χ4n) is 2.29. The first-order valence-electron chi connectivity index (χ1n) is 7.76. The van der Waals surface area contributed by atoms with Crippen LogP contribution in [0.15, 0.2) is 60.9 Å². The van der Waals surface area contributed by atoms with Crippen LogP contribution < -0.4 is 15.4 Å². The Labute approximate surface area is 145 Å². The van der Waals surface area contributed by atoms with E-state index in [2.05, 4.69) is 20.6 Å². The number of hydrogen-bond donors (Lipinski definition) is 2. The Hall–Kier alpha value is -3.41. The Balaban J connectivity index is 1.71. The van der Waals surface area contributed by atoms with Gasteiger partial charge in [0.1, 0.15) is 5.75 Å². The molecule has 3 rings (SSSR count). The molecule has 0 radical (unpaired) electrons. The number of anilines is 3. The summed E-state index contributed by atoms with van der Waals surface area (Å²) in [5.41, 5.74) is 2.97. The van der Waals surface area contributed by atoms with Crippen molar-refractivity contribution in [2.24, 2.45) is 0 Å². The van der Waals surface area contributed by atoms with Gasteiger partial charge in [-0.3, -0.25) is 4.79 Å². The van der Waals surface area contributed by atoms with Gasteiger partial charge in [0, 0.05) is 18.1 Å². The maximum Gasteiger partial charge on any atom is 0.258 e. The lowest BCUT2D eigenvalue weighted by molar-refractivity contribution is 0.102. The zero-order valence-corrected chi connectivity index (χ0v) is 14.0. The van der Waals surface area contributed by atoms with Gasteiger partial charge in [0.05, 0.1) is 18.4 Å². The maximum atomic E-state index is 12.3. The number of ether oxygens (including phenoxy) is 1. The third-order valence-electron chi connectivity index (χ3n) is 3.66. The van der Waals surface area contributed by atoms with Crippen LogP contribution >= 0.6 is 0 Å². The summed E-state index contributed by atoms with van der Waals surface area (Å²) in [5, 5.41) is 5.92. The van der Waals surface area contributed by atoms with Gasteiger partial charge in [-0.1, -0.05) is 30.3 Å². The van der Waals surface area contributed by atoms with Crippen molar-refractivity contribution in [2.45, 2.75) is 6.92 Å². The van der Waals surface area contributed by atoms with Gasteiger partial charge >= 0.3 is 0 Å². The van der Waals surface area contributed by atoms with Crippen LogP contribution in [-0.2, 0) is 0 Å². The zero-order valence-electron chi connectivity index (χ0n) is 14.0. The highest BCUT2D eigenvalue weighted by molar-refractivity contribution is 6.04. The monoisotopic (exact) mass is 334 g/mol. The van der Waals surface area contributed by atoms with Crippen LogP contribution in [0.5, 0.6) is 5.75 Å². The summed E-state index contributed by atoms with van der Waals surface area (Å²) in [6.45, 7) is 2.00. The van der Waals surface area contributed by atoms with E-state index in [-0.39, 0.29) is 5.91 Å². The molecule has 0 aliphatic carbocycles. The highest BCUT2D eigenvalue weighted by atomic mass is 16.5. The van der Waals surface area contributed by atoms with E-state index >= 15 is 0 Å². The van der Waals surface area contributed by atoms with Gasteiger partial charge in [-0.15, -0.1) is 0 Å². The molecule has 6 nitrogen and oxygen atoms in total. The normalized spacial score (nSPS) is 10.2. The van der Waals surface area contributed by atoms with Crippen LogP contribution in [-0.4, -0.2) is 23.0 Å². The zero-order chi connectivity index (χ0) is 17.6. The lowest BCUT2D eigenvalue weighted by atomic mass is 10.2. The number of carbonyl (C=O) groups excluding carboxylic acids is 1. The molecule has 3 aromatic rings. The van der Waals surface area contributed by atoms with Gasteiger partial charge in [-0.2, -0.15) is 0 Å². The number of nitrogens with zero attached hydrogens (tertiary/aromatic N) is 2. The Morgan fingerprint density at radius 1 is 0.960 bits per heavy atom. The van der Waals surface area contributed by atoms with Crippen LogP contribution in [0.25, 0.3) is 0 Å². The molecule has 0 bridgehead atoms. The molecule has 2 aromatic carbocycles. The molecule has 0 aliphatic rings. The summed E-state index contributed by atoms with van der Waals surface area (Å²) in [6, 6.07) is 15.1. The third kappa shape index (κ3) is 3.92. The first-order chi connectivity index (χ1) is 12.2. The van der Waals surface area contributed by atoms with Crippen LogP contribution in [0.3, 0.4) is 0 Å². The second kappa shape index (κ2) is 7.44. The third-order valence-corrected chi connectivity index (χ3v) is 3.66. The van der Waals surface area contributed by atoms with Gasteiger partial charge in [0.2, 0.25) is 5.95 Å². The molecule has 126 valence electrons. The van der Waals surface area contributed by atoms with E-state index < -0.39 is 0 Å². The minimum absolute atomic E-state index is 0.299. The van der Waals surface area contributed by atoms with E-state index in [4.69, 9.17) is 4.74 Å². The highest BCUT2D eigenvalue weighted by Crippen LogP contribution is 2.23. The molecule has 0 atom stereocenters. The number of amides is 1. The molecule has 0 saturated carbocycles. The first-order valence-corrected chi connectivity index (χ1v) is 7.76. The minimum atomic E-state index is -0.299. The number of aromatic nitrogens is 2. The standard InChI is InChI=1S/C19H18N4O2/c1-13-7-3-4-8-15(13)23-19-20-11-14(12-21-19)18(24)22-16-9-5-6-10-17(16)25-2/h3-12H,1-2H3,(H,22,24)(H,20,21,23). The van der Waals surface area contributed by atoms with Crippen molar-refractivity contribution in [3.63, 3.8) is 0 Å². The van der Waals surface area contributed by atoms with Crippen molar-refractivity contribution in [1.82, 2.24) is 9.97 Å². The SMILES string of the molecule is COc1ccccc1NC(=O)c1cnc(Nc2ccccc2C)nc1. The number of hydrogen-bond acceptors (Lipinski definition) is 5. The van der Waals surface area contributed by atoms with Crippen molar-refractivity contribution in [2.75, 3.05) is 17.7 Å². The van der Waals surface area contributed by atoms with Gasteiger partial charge in [-0.25, -0.2) is 9.97 Å². The van der Waals surface area contributed by atoms with E-state index in [1.54, 1.807) is 19.2 Å². The number of benzene rings is 2. The average Bonchev–Trinajstić information content (AvgIpc) is 2.64. The lowest BCUT2D eigenvalue weighted by Crippen LogP contribution is -2.13. The largest absolute Gasteiger partial charge is 0.495 e. The average molecular weight is 334 g/mol. The van der Waals surface area contributed by atoms with Crippen molar-refractivity contribution in [1.29, 1.82) is 0 Å². The molecule has 0 spiro atoms. The number of methoxy groups -OCH3 is 1. The Bertz CT molecular complexity index is 879. The Morgan fingerprint density at radius 2 is 1.60 bits per heavy atom. The molecular formula is C19H18N4O2. The molecule has 1 amide bonds. The summed E-state index contributed by atoms with van der Waals surface area (Å²) in [6.07, 6.45) is 2.97. The lowest BCUT2D eigenvalue weighted by Gasteiger charge is -2.10. The summed E-state index contributed by atoms with van der Waals surface area (Å²) >= 11 is 0. The van der Waals surface area contributed by atoms with Crippen molar-refractivity contribution >= 4 is 23.2 Å². The van der Waals surface area contributed by atoms with E-state index in [1.807, 2.05) is 43.3 Å². The topological polar surface area (TPSA) is 76.1 Å². The van der Waals surface area contributed by atoms with Gasteiger partial charge < -0.3 is 15.4 Å². The highest BCUT2D eigenvalue weighted by Gasteiger charge is 2.10. The summed E-state index contributed by atoms with van der Waals surface area (Å²) in [5.74, 6) is 0.727. The Morgan fingerprint density at radius 3 is 2.28 bits per heavy atom. The maximum absolute atomic E-state index is 12.3. The van der Waals surface area contributed by atoms with Crippen molar-refractivity contribution < 1.29 is 9.53 Å². The number of rotatable bonds is 5. The smallest absolute Gasteiger partial charge is 0.258 e. The Kier molecular flexibility index (Phi) is 4.89. The number of nitrogens with one attached hydrogen (secondary N) is 2. The number of carbonyl (C=O) groups is 1. The second-order valence-corrected chi connectivity index (χ2v) is 5.39. The molecule has 2 N–H and O–H groups in total. The van der Waals surface area contributed by atoms with E-state index in [1.165, 1.54) is 12.4 Å². The predicted molar refractivity (Wildman–Crippen MR) is 97.4 cm³/mol. The molecule has 1 heterocycles. The van der Waals surface area contributed by atoms with Gasteiger partial charge in [0.25, 0.3) is 5.91 Å². The molecular weight excluding hydrogens is 316 g/mol. The van der Waals surface area contributed by atoms with Crippen LogP contribution in [0.4, 0.5) is 17.3 Å². The van der Waals surface area contributed by atoms with Gasteiger partial charge in [0.15, 0.2) is 0 Å². The molecule has 0 unspecified atom stereocenters. The minimum Gasteiger partial charge on any atom is -0.495 e. The fraction of sp³-hybridized carbons (Fsp3) is 0.105. The van der Waals surface area contributed by atoms with E-state index in [0.717, 1.165) is 11.3 Å². The van der Waals surface area contributed by atoms with Crippen molar-refractivity contribution in [3.8, 4) is 5.75 Å². The summed E-state index contributed by atoms with van der Waals surface area (Å²) in [4.78, 5) is 20.8. The second-order valence-electron chi connectivity index (χ2n) is 5.39. The molecule has 0 fully saturated rings. The molecule has 0 aliphatic heterocycles. The van der Waals surface area contributed by atoms with E-state index in [0.29, 0.717) is 22.9 Å². The fourth-order valence-corrected chi connectivity index (χ4v) is 2.29. The summed E-state index contributed by atoms with van der Waals surface area (Å²) < 4.78 is 5.22. The predicted octanol–water partition coefficient (Wildman–Crippen LogP) is 3.79. The van der Waals surface area contributed by atoms with Gasteiger partial charge in [-0.05, 0) is 30.7 Å². The number of para-hydroxylation sites is 3.